The molecule has 0 saturated heterocycles. The first-order valence-electron chi connectivity index (χ1n) is 7.10. The van der Waals surface area contributed by atoms with Gasteiger partial charge in [0.2, 0.25) is 0 Å². The molecule has 7 nitrogen and oxygen atoms in total. The molecule has 126 valence electrons. The van der Waals surface area contributed by atoms with Crippen molar-refractivity contribution in [3.63, 3.8) is 0 Å². The summed E-state index contributed by atoms with van der Waals surface area (Å²) in [4.78, 5) is 23.9. The van der Waals surface area contributed by atoms with Crippen molar-refractivity contribution in [3.05, 3.63) is 65.1 Å². The van der Waals surface area contributed by atoms with Crippen molar-refractivity contribution < 1.29 is 34.8 Å². The van der Waals surface area contributed by atoms with Gasteiger partial charge in [0.25, 0.3) is 5.78 Å². The van der Waals surface area contributed by atoms with E-state index in [4.69, 9.17) is 4.74 Å². The molecule has 1 heterocycles. The molecule has 0 saturated carbocycles. The number of benzene rings is 2. The highest BCUT2D eigenvalue weighted by molar-refractivity contribution is 6.53. The van der Waals surface area contributed by atoms with Crippen LogP contribution in [-0.4, -0.2) is 32.2 Å². The van der Waals surface area contributed by atoms with Crippen molar-refractivity contribution >= 4 is 23.4 Å². The molecule has 0 radical (unpaired) electrons. The normalized spacial score (nSPS) is 16.2. The molecule has 0 atom stereocenters. The van der Waals surface area contributed by atoms with Crippen LogP contribution in [0.25, 0.3) is 11.6 Å². The lowest BCUT2D eigenvalue weighted by Gasteiger charge is -2.18. The Kier molecular flexibility index (Phi) is 3.90. The molecular formula is C18H12O7. The fourth-order valence-electron chi connectivity index (χ4n) is 2.29. The van der Waals surface area contributed by atoms with Gasteiger partial charge in [-0.2, -0.15) is 0 Å². The van der Waals surface area contributed by atoms with Crippen LogP contribution >= 0.6 is 0 Å². The number of esters is 1. The van der Waals surface area contributed by atoms with Crippen LogP contribution in [0.2, 0.25) is 0 Å². The number of phenols is 3. The van der Waals surface area contributed by atoms with Gasteiger partial charge in [0.05, 0.1) is 5.57 Å². The molecule has 2 aromatic carbocycles. The van der Waals surface area contributed by atoms with E-state index in [0.29, 0.717) is 5.56 Å². The minimum absolute atomic E-state index is 0.0398. The number of aliphatic hydroxyl groups is 1. The van der Waals surface area contributed by atoms with E-state index >= 15 is 0 Å². The average Bonchev–Trinajstić information content (AvgIpc) is 2.58. The molecule has 0 unspecified atom stereocenters. The third-order valence-corrected chi connectivity index (χ3v) is 3.54. The van der Waals surface area contributed by atoms with Crippen molar-refractivity contribution in [1.82, 2.24) is 0 Å². The Morgan fingerprint density at radius 2 is 1.52 bits per heavy atom. The lowest BCUT2D eigenvalue weighted by Crippen LogP contribution is -2.25. The van der Waals surface area contributed by atoms with E-state index in [1.165, 1.54) is 36.4 Å². The summed E-state index contributed by atoms with van der Waals surface area (Å²) in [6.45, 7) is 0. The fraction of sp³-hybridized carbons (Fsp3) is 0. The van der Waals surface area contributed by atoms with E-state index in [1.54, 1.807) is 0 Å². The summed E-state index contributed by atoms with van der Waals surface area (Å²) in [7, 11) is 0. The maximum atomic E-state index is 12.1. The smallest absolute Gasteiger partial charge is 0.385 e. The van der Waals surface area contributed by atoms with Crippen LogP contribution in [0.1, 0.15) is 11.1 Å². The third kappa shape index (κ3) is 3.02. The Morgan fingerprint density at radius 1 is 0.840 bits per heavy atom. The largest absolute Gasteiger partial charge is 0.508 e. The van der Waals surface area contributed by atoms with Crippen LogP contribution in [0.15, 0.2) is 54.0 Å². The lowest BCUT2D eigenvalue weighted by molar-refractivity contribution is -0.149. The molecule has 2 aromatic rings. The zero-order valence-corrected chi connectivity index (χ0v) is 12.6. The summed E-state index contributed by atoms with van der Waals surface area (Å²) in [5.74, 6) is -3.97. The van der Waals surface area contributed by atoms with Crippen LogP contribution < -0.4 is 0 Å². The molecule has 0 amide bonds. The average molecular weight is 340 g/mol. The first-order chi connectivity index (χ1) is 11.9. The van der Waals surface area contributed by atoms with E-state index in [-0.39, 0.29) is 22.6 Å². The van der Waals surface area contributed by atoms with Gasteiger partial charge in [-0.25, -0.2) is 4.79 Å². The lowest BCUT2D eigenvalue weighted by atomic mass is 9.97. The van der Waals surface area contributed by atoms with Gasteiger partial charge in [0, 0.05) is 0 Å². The Bertz CT molecular complexity index is 936. The molecule has 0 aromatic heterocycles. The number of aromatic hydroxyl groups is 3. The van der Waals surface area contributed by atoms with Crippen LogP contribution in [-0.2, 0) is 14.3 Å². The monoisotopic (exact) mass is 340 g/mol. The molecule has 25 heavy (non-hydrogen) atoms. The molecule has 1 aliphatic rings. The maximum absolute atomic E-state index is 12.1. The standard InChI is InChI=1S/C18H12O7/c19-11-4-1-9(2-5-11)7-14-16(22)15(17(23)18(24)25-14)10-3-6-12(20)13(21)8-10/h1-8,19-22H. The van der Waals surface area contributed by atoms with Gasteiger partial charge in [0.15, 0.2) is 23.0 Å². The van der Waals surface area contributed by atoms with Crippen LogP contribution in [0, 0.1) is 0 Å². The Labute approximate surface area is 141 Å². The number of hydrogen-bond acceptors (Lipinski definition) is 7. The second-order valence-corrected chi connectivity index (χ2v) is 5.25. The fourth-order valence-corrected chi connectivity index (χ4v) is 2.29. The Hall–Kier alpha value is -3.74. The second kappa shape index (κ2) is 6.04. The Morgan fingerprint density at radius 3 is 2.16 bits per heavy atom. The van der Waals surface area contributed by atoms with Gasteiger partial charge in [-0.05, 0) is 41.5 Å². The van der Waals surface area contributed by atoms with Gasteiger partial charge in [-0.1, -0.05) is 18.2 Å². The zero-order chi connectivity index (χ0) is 18.1. The van der Waals surface area contributed by atoms with E-state index in [1.807, 2.05) is 0 Å². The predicted molar refractivity (Wildman–Crippen MR) is 86.5 cm³/mol. The van der Waals surface area contributed by atoms with Crippen molar-refractivity contribution in [3.8, 4) is 17.2 Å². The number of cyclic esters (lactones) is 1. The SMILES string of the molecule is O=C1OC(=Cc2ccc(O)cc2)C(O)=C(c2ccc(O)c(O)c2)C1=O. The number of hydrogen-bond donors (Lipinski definition) is 4. The number of aliphatic hydroxyl groups excluding tert-OH is 1. The number of phenolic OH excluding ortho intramolecular Hbond substituents is 3. The number of Topliss-reactive ketones (excluding diaryl/α,β-unsaturated/α-hetero) is 1. The van der Waals surface area contributed by atoms with E-state index in [9.17, 15) is 30.0 Å². The number of carbonyl (C=O) groups excluding carboxylic acids is 2. The summed E-state index contributed by atoms with van der Waals surface area (Å²) >= 11 is 0. The molecular weight excluding hydrogens is 328 g/mol. The first kappa shape index (κ1) is 16.1. The number of ketones is 1. The molecule has 0 aliphatic carbocycles. The summed E-state index contributed by atoms with van der Waals surface area (Å²) < 4.78 is 4.84. The maximum Gasteiger partial charge on any atom is 0.385 e. The molecule has 7 heteroatoms. The van der Waals surface area contributed by atoms with E-state index < -0.39 is 29.0 Å². The van der Waals surface area contributed by atoms with Gasteiger partial charge in [0.1, 0.15) is 5.75 Å². The van der Waals surface area contributed by atoms with E-state index in [0.717, 1.165) is 12.1 Å². The van der Waals surface area contributed by atoms with Gasteiger partial charge in [-0.15, -0.1) is 0 Å². The minimum Gasteiger partial charge on any atom is -0.508 e. The van der Waals surface area contributed by atoms with Crippen molar-refractivity contribution in [2.45, 2.75) is 0 Å². The molecule has 0 spiro atoms. The van der Waals surface area contributed by atoms with E-state index in [2.05, 4.69) is 0 Å². The van der Waals surface area contributed by atoms with Crippen LogP contribution in [0.4, 0.5) is 0 Å². The highest BCUT2D eigenvalue weighted by Crippen LogP contribution is 2.34. The summed E-state index contributed by atoms with van der Waals surface area (Å²) in [5.41, 5.74) is 0.206. The minimum atomic E-state index is -1.19. The van der Waals surface area contributed by atoms with Crippen LogP contribution in [0.3, 0.4) is 0 Å². The van der Waals surface area contributed by atoms with Gasteiger partial charge in [-0.3, -0.25) is 4.79 Å². The first-order valence-corrected chi connectivity index (χ1v) is 7.10. The summed E-state index contributed by atoms with van der Waals surface area (Å²) in [6.07, 6.45) is 1.32. The molecule has 0 fully saturated rings. The Balaban J connectivity index is 2.13. The molecule has 0 bridgehead atoms. The number of carbonyl (C=O) groups is 2. The number of rotatable bonds is 2. The topological polar surface area (TPSA) is 124 Å². The zero-order valence-electron chi connectivity index (χ0n) is 12.6. The highest BCUT2D eigenvalue weighted by Gasteiger charge is 2.34. The van der Waals surface area contributed by atoms with Crippen molar-refractivity contribution in [1.29, 1.82) is 0 Å². The van der Waals surface area contributed by atoms with Crippen molar-refractivity contribution in [2.75, 3.05) is 0 Å². The van der Waals surface area contributed by atoms with Gasteiger partial charge >= 0.3 is 5.97 Å². The molecule has 3 rings (SSSR count). The quantitative estimate of drug-likeness (QED) is 0.375. The summed E-state index contributed by atoms with van der Waals surface area (Å²) in [6, 6.07) is 9.30. The third-order valence-electron chi connectivity index (χ3n) is 3.54. The highest BCUT2D eigenvalue weighted by atomic mass is 16.6. The second-order valence-electron chi connectivity index (χ2n) is 5.25. The number of ether oxygens (including phenoxy) is 1. The predicted octanol–water partition coefficient (Wildman–Crippen LogP) is 2.24. The summed E-state index contributed by atoms with van der Waals surface area (Å²) in [5, 5.41) is 38.6. The molecule has 4 N–H and O–H groups in total. The van der Waals surface area contributed by atoms with Crippen molar-refractivity contribution in [2.24, 2.45) is 0 Å². The molecule has 1 aliphatic heterocycles. The van der Waals surface area contributed by atoms with Crippen LogP contribution in [0.5, 0.6) is 17.2 Å². The van der Waals surface area contributed by atoms with Gasteiger partial charge < -0.3 is 25.2 Å².